The number of anilines is 2. The zero-order valence-electron chi connectivity index (χ0n) is 16.4. The maximum absolute atomic E-state index is 11.9. The van der Waals surface area contributed by atoms with Gasteiger partial charge in [-0.05, 0) is 42.7 Å². The lowest BCUT2D eigenvalue weighted by Crippen LogP contribution is -2.37. The number of hydrogen-bond acceptors (Lipinski definition) is 7. The van der Waals surface area contributed by atoms with E-state index in [9.17, 15) is 4.79 Å². The smallest absolute Gasteiger partial charge is 0.309 e. The van der Waals surface area contributed by atoms with Gasteiger partial charge in [0.15, 0.2) is 5.82 Å². The van der Waals surface area contributed by atoms with Crippen molar-refractivity contribution in [1.29, 1.82) is 0 Å². The van der Waals surface area contributed by atoms with Crippen LogP contribution in [0.4, 0.5) is 11.5 Å². The molecule has 1 fully saturated rings. The third-order valence-electron chi connectivity index (χ3n) is 5.18. The van der Waals surface area contributed by atoms with Crippen molar-refractivity contribution in [3.63, 3.8) is 0 Å². The van der Waals surface area contributed by atoms with Gasteiger partial charge in [0.05, 0.1) is 12.5 Å². The largest absolute Gasteiger partial charge is 0.466 e. The quantitative estimate of drug-likeness (QED) is 0.661. The lowest BCUT2D eigenvalue weighted by Gasteiger charge is -2.32. The van der Waals surface area contributed by atoms with Crippen LogP contribution >= 0.6 is 0 Å². The SMILES string of the molecule is CCOC(=O)C1CCN(c2ncnc(Oc3ccc4ccccc4c3)c2N)CC1. The van der Waals surface area contributed by atoms with Gasteiger partial charge in [0.2, 0.25) is 5.88 Å². The average Bonchev–Trinajstić information content (AvgIpc) is 2.75. The summed E-state index contributed by atoms with van der Waals surface area (Å²) in [6.45, 7) is 3.60. The van der Waals surface area contributed by atoms with E-state index in [0.717, 1.165) is 10.8 Å². The fourth-order valence-corrected chi connectivity index (χ4v) is 3.63. The molecule has 0 amide bonds. The molecule has 0 atom stereocenters. The third-order valence-corrected chi connectivity index (χ3v) is 5.18. The molecule has 1 aliphatic rings. The Kier molecular flexibility index (Phi) is 5.46. The Morgan fingerprint density at radius 1 is 1.14 bits per heavy atom. The van der Waals surface area contributed by atoms with Crippen LogP contribution in [0.1, 0.15) is 19.8 Å². The molecule has 7 heteroatoms. The number of esters is 1. The van der Waals surface area contributed by atoms with Crippen LogP contribution in [0.2, 0.25) is 0 Å². The minimum atomic E-state index is -0.122. The molecule has 0 radical (unpaired) electrons. The molecule has 150 valence electrons. The number of ether oxygens (including phenoxy) is 2. The molecule has 0 bridgehead atoms. The number of fused-ring (bicyclic) bond motifs is 1. The Hall–Kier alpha value is -3.35. The number of carbonyl (C=O) groups excluding carboxylic acids is 1. The number of aromatic nitrogens is 2. The van der Waals surface area contributed by atoms with Crippen LogP contribution < -0.4 is 15.4 Å². The summed E-state index contributed by atoms with van der Waals surface area (Å²) >= 11 is 0. The maximum atomic E-state index is 11.9. The topological polar surface area (TPSA) is 90.6 Å². The first-order valence-electron chi connectivity index (χ1n) is 9.84. The molecule has 7 nitrogen and oxygen atoms in total. The predicted octanol–water partition coefficient (Wildman–Crippen LogP) is 3.78. The predicted molar refractivity (Wildman–Crippen MR) is 112 cm³/mol. The van der Waals surface area contributed by atoms with Gasteiger partial charge in [0.1, 0.15) is 17.8 Å². The Bertz CT molecular complexity index is 1020. The molecular formula is C22H24N4O3. The number of nitrogens with two attached hydrogens (primary N) is 1. The first-order valence-corrected chi connectivity index (χ1v) is 9.84. The summed E-state index contributed by atoms with van der Waals surface area (Å²) in [6, 6.07) is 13.9. The van der Waals surface area contributed by atoms with Crippen LogP contribution in [0.5, 0.6) is 11.6 Å². The number of nitrogen functional groups attached to an aromatic ring is 1. The molecule has 2 aromatic carbocycles. The van der Waals surface area contributed by atoms with Crippen molar-refractivity contribution >= 4 is 28.2 Å². The van der Waals surface area contributed by atoms with Gasteiger partial charge >= 0.3 is 5.97 Å². The summed E-state index contributed by atoms with van der Waals surface area (Å²) in [4.78, 5) is 22.6. The summed E-state index contributed by atoms with van der Waals surface area (Å²) in [6.07, 6.45) is 2.88. The van der Waals surface area contributed by atoms with E-state index in [0.29, 0.717) is 55.7 Å². The van der Waals surface area contributed by atoms with Crippen molar-refractivity contribution in [3.8, 4) is 11.6 Å². The molecule has 1 saturated heterocycles. The molecule has 0 unspecified atom stereocenters. The Morgan fingerprint density at radius 3 is 2.66 bits per heavy atom. The Balaban J connectivity index is 1.49. The molecular weight excluding hydrogens is 368 g/mol. The van der Waals surface area contributed by atoms with Gasteiger partial charge in [-0.2, -0.15) is 4.98 Å². The maximum Gasteiger partial charge on any atom is 0.309 e. The molecule has 2 heterocycles. The van der Waals surface area contributed by atoms with Crippen molar-refractivity contribution in [2.75, 3.05) is 30.3 Å². The van der Waals surface area contributed by atoms with Crippen LogP contribution in [-0.4, -0.2) is 35.6 Å². The number of nitrogens with zero attached hydrogens (tertiary/aromatic N) is 3. The molecule has 0 spiro atoms. The molecule has 4 rings (SSSR count). The first-order chi connectivity index (χ1) is 14.2. The second-order valence-electron chi connectivity index (χ2n) is 7.04. The zero-order chi connectivity index (χ0) is 20.2. The minimum absolute atomic E-state index is 0.0671. The van der Waals surface area contributed by atoms with E-state index in [2.05, 4.69) is 20.9 Å². The van der Waals surface area contributed by atoms with Crippen LogP contribution in [-0.2, 0) is 9.53 Å². The summed E-state index contributed by atoms with van der Waals surface area (Å²) < 4.78 is 11.1. The third kappa shape index (κ3) is 4.08. The van der Waals surface area contributed by atoms with Crippen molar-refractivity contribution < 1.29 is 14.3 Å². The van der Waals surface area contributed by atoms with Crippen LogP contribution in [0, 0.1) is 5.92 Å². The van der Waals surface area contributed by atoms with Gasteiger partial charge < -0.3 is 20.1 Å². The van der Waals surface area contributed by atoms with E-state index in [-0.39, 0.29) is 11.9 Å². The van der Waals surface area contributed by atoms with Gasteiger partial charge in [-0.15, -0.1) is 0 Å². The van der Waals surface area contributed by atoms with Crippen molar-refractivity contribution in [2.45, 2.75) is 19.8 Å². The van der Waals surface area contributed by atoms with Gasteiger partial charge in [-0.3, -0.25) is 4.79 Å². The number of rotatable bonds is 5. The first kappa shape index (κ1) is 19.0. The molecule has 0 saturated carbocycles. The van der Waals surface area contributed by atoms with Crippen LogP contribution in [0.3, 0.4) is 0 Å². The lowest BCUT2D eigenvalue weighted by molar-refractivity contribution is -0.148. The summed E-state index contributed by atoms with van der Waals surface area (Å²) in [7, 11) is 0. The van der Waals surface area contributed by atoms with Crippen molar-refractivity contribution in [3.05, 3.63) is 48.8 Å². The highest BCUT2D eigenvalue weighted by Crippen LogP contribution is 2.34. The summed E-state index contributed by atoms with van der Waals surface area (Å²) in [5.41, 5.74) is 6.73. The van der Waals surface area contributed by atoms with E-state index in [1.54, 1.807) is 0 Å². The number of piperidine rings is 1. The highest BCUT2D eigenvalue weighted by molar-refractivity contribution is 5.84. The lowest BCUT2D eigenvalue weighted by atomic mass is 9.97. The summed E-state index contributed by atoms with van der Waals surface area (Å²) in [5.74, 6) is 1.45. The van der Waals surface area contributed by atoms with Gasteiger partial charge in [-0.25, -0.2) is 4.98 Å². The van der Waals surface area contributed by atoms with Crippen molar-refractivity contribution in [2.24, 2.45) is 5.92 Å². The Morgan fingerprint density at radius 2 is 1.90 bits per heavy atom. The van der Waals surface area contributed by atoms with Gasteiger partial charge in [0, 0.05) is 13.1 Å². The Labute approximate surface area is 169 Å². The highest BCUT2D eigenvalue weighted by atomic mass is 16.5. The molecule has 2 N–H and O–H groups in total. The summed E-state index contributed by atoms with van der Waals surface area (Å²) in [5, 5.41) is 2.22. The van der Waals surface area contributed by atoms with Crippen molar-refractivity contribution in [1.82, 2.24) is 9.97 Å². The fourth-order valence-electron chi connectivity index (χ4n) is 3.63. The van der Waals surface area contributed by atoms with Crippen LogP contribution in [0.15, 0.2) is 48.8 Å². The zero-order valence-corrected chi connectivity index (χ0v) is 16.4. The molecule has 29 heavy (non-hydrogen) atoms. The number of hydrogen-bond donors (Lipinski definition) is 1. The van der Waals surface area contributed by atoms with Gasteiger partial charge in [0.25, 0.3) is 0 Å². The van der Waals surface area contributed by atoms with Gasteiger partial charge in [-0.1, -0.05) is 30.3 Å². The molecule has 3 aromatic rings. The van der Waals surface area contributed by atoms with E-state index < -0.39 is 0 Å². The molecule has 1 aliphatic heterocycles. The van der Waals surface area contributed by atoms with E-state index >= 15 is 0 Å². The fraction of sp³-hybridized carbons (Fsp3) is 0.318. The monoisotopic (exact) mass is 392 g/mol. The number of benzene rings is 2. The van der Waals surface area contributed by atoms with E-state index in [4.69, 9.17) is 15.2 Å². The van der Waals surface area contributed by atoms with E-state index in [1.807, 2.05) is 43.3 Å². The minimum Gasteiger partial charge on any atom is -0.466 e. The normalized spacial score (nSPS) is 14.7. The second-order valence-corrected chi connectivity index (χ2v) is 7.04. The second kappa shape index (κ2) is 8.34. The van der Waals surface area contributed by atoms with E-state index in [1.165, 1.54) is 6.33 Å². The highest BCUT2D eigenvalue weighted by Gasteiger charge is 2.28. The molecule has 1 aromatic heterocycles. The van der Waals surface area contributed by atoms with Crippen LogP contribution in [0.25, 0.3) is 10.8 Å². The number of carbonyl (C=O) groups is 1. The standard InChI is InChI=1S/C22H24N4O3/c1-2-28-22(27)16-9-11-26(12-10-16)20-19(23)21(25-14-24-20)29-18-8-7-15-5-3-4-6-17(15)13-18/h3-8,13-14,16H,2,9-12,23H2,1H3. The molecule has 0 aliphatic carbocycles. The average molecular weight is 392 g/mol.